The van der Waals surface area contributed by atoms with Crippen molar-refractivity contribution in [2.45, 2.75) is 12.7 Å². The summed E-state index contributed by atoms with van der Waals surface area (Å²) in [6.07, 6.45) is -4.47. The summed E-state index contributed by atoms with van der Waals surface area (Å²) in [4.78, 5) is 4.52. The Kier molecular flexibility index (Phi) is 4.62. The molecular formula is C10H11ClF3NO2. The molecule has 1 aromatic carbocycles. The molecule has 0 saturated carbocycles. The third kappa shape index (κ3) is 3.49. The van der Waals surface area contributed by atoms with E-state index < -0.39 is 11.7 Å². The van der Waals surface area contributed by atoms with Gasteiger partial charge in [0.05, 0.1) is 24.8 Å². The molecule has 0 atom stereocenters. The van der Waals surface area contributed by atoms with E-state index in [-0.39, 0.29) is 22.9 Å². The predicted octanol–water partition coefficient (Wildman–Crippen LogP) is 3.02. The van der Waals surface area contributed by atoms with Gasteiger partial charge in [0.25, 0.3) is 0 Å². The normalized spacial score (nSPS) is 11.6. The molecular weight excluding hydrogens is 259 g/mol. The molecule has 1 N–H and O–H groups in total. The van der Waals surface area contributed by atoms with Crippen LogP contribution in [0.25, 0.3) is 0 Å². The van der Waals surface area contributed by atoms with Gasteiger partial charge in [-0.1, -0.05) is 11.6 Å². The summed E-state index contributed by atoms with van der Waals surface area (Å²) < 4.78 is 43.0. The summed E-state index contributed by atoms with van der Waals surface area (Å²) in [6.45, 7) is -0.102. The lowest BCUT2D eigenvalue weighted by molar-refractivity contribution is -0.138. The molecule has 0 spiro atoms. The summed E-state index contributed by atoms with van der Waals surface area (Å²) >= 11 is 5.77. The Morgan fingerprint density at radius 2 is 1.94 bits per heavy atom. The van der Waals surface area contributed by atoms with Gasteiger partial charge in [0.2, 0.25) is 0 Å². The molecule has 7 heteroatoms. The molecule has 0 radical (unpaired) electrons. The van der Waals surface area contributed by atoms with Crippen molar-refractivity contribution in [1.82, 2.24) is 5.48 Å². The maximum absolute atomic E-state index is 12.8. The van der Waals surface area contributed by atoms with Gasteiger partial charge in [-0.05, 0) is 17.7 Å². The van der Waals surface area contributed by atoms with Crippen LogP contribution in [0.15, 0.2) is 12.1 Å². The Bertz CT molecular complexity index is 396. The summed E-state index contributed by atoms with van der Waals surface area (Å²) in [5, 5.41) is 0.119. The maximum atomic E-state index is 12.8. The largest absolute Gasteiger partial charge is 0.495 e. The quantitative estimate of drug-likeness (QED) is 0.853. The second-order valence-corrected chi connectivity index (χ2v) is 3.57. The fourth-order valence-electron chi connectivity index (χ4n) is 1.31. The van der Waals surface area contributed by atoms with Crippen molar-refractivity contribution in [3.05, 3.63) is 28.3 Å². The van der Waals surface area contributed by atoms with Gasteiger partial charge in [0, 0.05) is 6.54 Å². The first-order chi connectivity index (χ1) is 7.90. The van der Waals surface area contributed by atoms with E-state index in [9.17, 15) is 13.2 Å². The average molecular weight is 270 g/mol. The van der Waals surface area contributed by atoms with Crippen LogP contribution in [-0.4, -0.2) is 14.2 Å². The smallest absolute Gasteiger partial charge is 0.416 e. The number of hydroxylamine groups is 1. The molecule has 0 amide bonds. The molecule has 0 aliphatic rings. The first-order valence-corrected chi connectivity index (χ1v) is 4.97. The zero-order valence-corrected chi connectivity index (χ0v) is 9.95. The lowest BCUT2D eigenvalue weighted by atomic mass is 10.1. The van der Waals surface area contributed by atoms with Crippen LogP contribution in [0.5, 0.6) is 5.75 Å². The Balaban J connectivity index is 3.21. The predicted molar refractivity (Wildman–Crippen MR) is 56.9 cm³/mol. The first kappa shape index (κ1) is 14.1. The minimum absolute atomic E-state index is 0.00912. The summed E-state index contributed by atoms with van der Waals surface area (Å²) in [6, 6.07) is 2.07. The van der Waals surface area contributed by atoms with E-state index in [0.717, 1.165) is 6.07 Å². The number of ether oxygens (including phenoxy) is 1. The Morgan fingerprint density at radius 3 is 2.41 bits per heavy atom. The molecule has 0 unspecified atom stereocenters. The first-order valence-electron chi connectivity index (χ1n) is 4.59. The number of benzene rings is 1. The average Bonchev–Trinajstić information content (AvgIpc) is 2.24. The van der Waals surface area contributed by atoms with Crippen LogP contribution in [0, 0.1) is 0 Å². The lowest BCUT2D eigenvalue weighted by Crippen LogP contribution is -2.16. The van der Waals surface area contributed by atoms with Crippen LogP contribution in [-0.2, 0) is 17.6 Å². The van der Waals surface area contributed by atoms with E-state index in [1.165, 1.54) is 20.3 Å². The van der Waals surface area contributed by atoms with Gasteiger partial charge in [0.1, 0.15) is 5.75 Å². The van der Waals surface area contributed by atoms with Crippen molar-refractivity contribution in [2.24, 2.45) is 0 Å². The highest BCUT2D eigenvalue weighted by atomic mass is 35.5. The third-order valence-electron chi connectivity index (χ3n) is 2.09. The highest BCUT2D eigenvalue weighted by Gasteiger charge is 2.34. The fourth-order valence-corrected chi connectivity index (χ4v) is 1.57. The molecule has 0 fully saturated rings. The molecule has 0 aliphatic carbocycles. The van der Waals surface area contributed by atoms with Crippen molar-refractivity contribution in [2.75, 3.05) is 14.2 Å². The van der Waals surface area contributed by atoms with Gasteiger partial charge < -0.3 is 9.57 Å². The fraction of sp³-hybridized carbons (Fsp3) is 0.400. The van der Waals surface area contributed by atoms with Crippen molar-refractivity contribution >= 4 is 11.6 Å². The van der Waals surface area contributed by atoms with Gasteiger partial charge in [0.15, 0.2) is 0 Å². The number of rotatable bonds is 4. The van der Waals surface area contributed by atoms with Gasteiger partial charge >= 0.3 is 6.18 Å². The number of methoxy groups -OCH3 is 1. The molecule has 0 bridgehead atoms. The molecule has 0 saturated heterocycles. The van der Waals surface area contributed by atoms with Crippen molar-refractivity contribution in [1.29, 1.82) is 0 Å². The summed E-state index contributed by atoms with van der Waals surface area (Å²) in [5.74, 6) is -0.0137. The Labute approximate surface area is 101 Å². The van der Waals surface area contributed by atoms with E-state index in [2.05, 4.69) is 10.3 Å². The lowest BCUT2D eigenvalue weighted by Gasteiger charge is -2.15. The SMILES string of the molecule is CONCc1cc(Cl)c(OC)cc1C(F)(F)F. The van der Waals surface area contributed by atoms with Crippen LogP contribution in [0.3, 0.4) is 0 Å². The van der Waals surface area contributed by atoms with Crippen molar-refractivity contribution < 1.29 is 22.7 Å². The number of hydrogen-bond donors (Lipinski definition) is 1. The van der Waals surface area contributed by atoms with Crippen LogP contribution in [0.4, 0.5) is 13.2 Å². The summed E-state index contributed by atoms with van der Waals surface area (Å²) in [5.41, 5.74) is 1.53. The zero-order chi connectivity index (χ0) is 13.1. The van der Waals surface area contributed by atoms with Crippen molar-refractivity contribution in [3.8, 4) is 5.75 Å². The molecule has 96 valence electrons. The topological polar surface area (TPSA) is 30.5 Å². The van der Waals surface area contributed by atoms with Gasteiger partial charge in [-0.15, -0.1) is 0 Å². The molecule has 0 aromatic heterocycles. The molecule has 3 nitrogen and oxygen atoms in total. The minimum Gasteiger partial charge on any atom is -0.495 e. The number of hydrogen-bond acceptors (Lipinski definition) is 3. The monoisotopic (exact) mass is 269 g/mol. The van der Waals surface area contributed by atoms with Gasteiger partial charge in [-0.2, -0.15) is 18.7 Å². The van der Waals surface area contributed by atoms with E-state index in [4.69, 9.17) is 16.3 Å². The molecule has 1 rings (SSSR count). The van der Waals surface area contributed by atoms with E-state index >= 15 is 0 Å². The van der Waals surface area contributed by atoms with Gasteiger partial charge in [-0.25, -0.2) is 0 Å². The standard InChI is InChI=1S/C10H11ClF3NO2/c1-16-9-4-7(10(12,13)14)6(3-8(9)11)5-15-17-2/h3-4,15H,5H2,1-2H3. The molecule has 1 aromatic rings. The van der Waals surface area contributed by atoms with Crippen molar-refractivity contribution in [3.63, 3.8) is 0 Å². The van der Waals surface area contributed by atoms with Gasteiger partial charge in [-0.3, -0.25) is 0 Å². The number of alkyl halides is 3. The highest BCUT2D eigenvalue weighted by Crippen LogP contribution is 2.37. The van der Waals surface area contributed by atoms with Crippen LogP contribution in [0.1, 0.15) is 11.1 Å². The molecule has 0 heterocycles. The van der Waals surface area contributed by atoms with E-state index in [0.29, 0.717) is 0 Å². The van der Waals surface area contributed by atoms with E-state index in [1.54, 1.807) is 0 Å². The summed E-state index contributed by atoms with van der Waals surface area (Å²) in [7, 11) is 2.58. The van der Waals surface area contributed by atoms with E-state index in [1.807, 2.05) is 0 Å². The number of nitrogens with one attached hydrogen (secondary N) is 1. The van der Waals surface area contributed by atoms with Crippen LogP contribution < -0.4 is 10.2 Å². The third-order valence-corrected chi connectivity index (χ3v) is 2.39. The second-order valence-electron chi connectivity index (χ2n) is 3.17. The zero-order valence-electron chi connectivity index (χ0n) is 9.19. The van der Waals surface area contributed by atoms with Crippen LogP contribution in [0.2, 0.25) is 5.02 Å². The Hall–Kier alpha value is -0.980. The maximum Gasteiger partial charge on any atom is 0.416 e. The Morgan fingerprint density at radius 1 is 1.29 bits per heavy atom. The number of halogens is 4. The highest BCUT2D eigenvalue weighted by molar-refractivity contribution is 6.32. The minimum atomic E-state index is -4.47. The molecule has 17 heavy (non-hydrogen) atoms. The van der Waals surface area contributed by atoms with Crippen LogP contribution >= 0.6 is 11.6 Å². The molecule has 0 aliphatic heterocycles. The second kappa shape index (κ2) is 5.57.